The van der Waals surface area contributed by atoms with Crippen molar-refractivity contribution in [1.82, 2.24) is 9.97 Å². The summed E-state index contributed by atoms with van der Waals surface area (Å²) in [5, 5.41) is 0.466. The zero-order chi connectivity index (χ0) is 11.0. The highest BCUT2D eigenvalue weighted by atomic mass is 19.1. The zero-order valence-electron chi connectivity index (χ0n) is 8.41. The lowest BCUT2D eigenvalue weighted by atomic mass is 10.1. The van der Waals surface area contributed by atoms with Crippen LogP contribution in [0, 0.1) is 12.7 Å². The lowest BCUT2D eigenvalue weighted by Crippen LogP contribution is -2.03. The summed E-state index contributed by atoms with van der Waals surface area (Å²) in [5.74, 6) is -0.214. The van der Waals surface area contributed by atoms with Gasteiger partial charge < -0.3 is 0 Å². The second-order valence-electron chi connectivity index (χ2n) is 3.31. The Morgan fingerprint density at radius 2 is 2.07 bits per heavy atom. The predicted octanol–water partition coefficient (Wildman–Crippen LogP) is 2.28. The molecule has 2 aromatic rings. The number of fused-ring (bicyclic) bond motifs is 1. The Balaban J connectivity index is 2.92. The molecule has 1 aromatic heterocycles. The van der Waals surface area contributed by atoms with E-state index in [0.717, 1.165) is 0 Å². The molecule has 0 amide bonds. The lowest BCUT2D eigenvalue weighted by molar-refractivity contribution is 0.101. The Kier molecular flexibility index (Phi) is 2.19. The standard InChI is InChI=1S/C11H9FN2O/c1-6(15)10-8-4-3-5-9(12)11(8)14-7(2)13-10/h3-5H,1-2H3. The maximum atomic E-state index is 13.4. The third-order valence-corrected chi connectivity index (χ3v) is 2.12. The molecule has 4 heteroatoms. The Morgan fingerprint density at radius 3 is 2.73 bits per heavy atom. The number of rotatable bonds is 1. The molecule has 0 fully saturated rings. The summed E-state index contributed by atoms with van der Waals surface area (Å²) in [6.07, 6.45) is 0. The van der Waals surface area contributed by atoms with Crippen LogP contribution < -0.4 is 0 Å². The van der Waals surface area contributed by atoms with Crippen LogP contribution in [0.1, 0.15) is 23.2 Å². The molecule has 0 bridgehead atoms. The SMILES string of the molecule is CC(=O)c1nc(C)nc2c(F)cccc12. The van der Waals surface area contributed by atoms with Crippen LogP contribution in [0.4, 0.5) is 4.39 Å². The normalized spacial score (nSPS) is 10.6. The van der Waals surface area contributed by atoms with E-state index in [0.29, 0.717) is 11.2 Å². The molecule has 0 spiro atoms. The Hall–Kier alpha value is -1.84. The van der Waals surface area contributed by atoms with Gasteiger partial charge >= 0.3 is 0 Å². The van der Waals surface area contributed by atoms with E-state index >= 15 is 0 Å². The maximum Gasteiger partial charge on any atom is 0.178 e. The smallest absolute Gasteiger partial charge is 0.178 e. The van der Waals surface area contributed by atoms with Gasteiger partial charge in [-0.05, 0) is 13.0 Å². The number of ketones is 1. The first-order chi connectivity index (χ1) is 7.09. The molecule has 0 aliphatic rings. The van der Waals surface area contributed by atoms with Gasteiger partial charge in [0.2, 0.25) is 0 Å². The van der Waals surface area contributed by atoms with Crippen LogP contribution in [0.3, 0.4) is 0 Å². The summed E-state index contributed by atoms with van der Waals surface area (Å²) in [4.78, 5) is 19.3. The predicted molar refractivity (Wildman–Crippen MR) is 54.2 cm³/mol. The van der Waals surface area contributed by atoms with Gasteiger partial charge in [-0.3, -0.25) is 4.79 Å². The van der Waals surface area contributed by atoms with Gasteiger partial charge in [0.25, 0.3) is 0 Å². The first-order valence-electron chi connectivity index (χ1n) is 4.53. The van der Waals surface area contributed by atoms with Crippen molar-refractivity contribution in [2.45, 2.75) is 13.8 Å². The molecule has 0 saturated heterocycles. The molecule has 0 radical (unpaired) electrons. The second kappa shape index (κ2) is 3.38. The van der Waals surface area contributed by atoms with Gasteiger partial charge in [-0.15, -0.1) is 0 Å². The largest absolute Gasteiger partial charge is 0.293 e. The van der Waals surface area contributed by atoms with Gasteiger partial charge in [0, 0.05) is 12.3 Å². The van der Waals surface area contributed by atoms with Crippen molar-refractivity contribution >= 4 is 16.7 Å². The van der Waals surface area contributed by atoms with Crippen LogP contribution in [0.25, 0.3) is 10.9 Å². The molecular weight excluding hydrogens is 195 g/mol. The molecule has 0 atom stereocenters. The van der Waals surface area contributed by atoms with Crippen LogP contribution in [-0.4, -0.2) is 15.8 Å². The Labute approximate surface area is 86.0 Å². The minimum atomic E-state index is -0.430. The van der Waals surface area contributed by atoms with E-state index in [1.54, 1.807) is 19.1 Å². The summed E-state index contributed by atoms with van der Waals surface area (Å²) in [5.41, 5.74) is 0.479. The molecule has 0 aliphatic carbocycles. The van der Waals surface area contributed by atoms with Crippen LogP contribution in [0.15, 0.2) is 18.2 Å². The van der Waals surface area contributed by atoms with Crippen LogP contribution in [0.5, 0.6) is 0 Å². The van der Waals surface area contributed by atoms with Crippen LogP contribution in [-0.2, 0) is 0 Å². The van der Waals surface area contributed by atoms with E-state index in [4.69, 9.17) is 0 Å². The highest BCUT2D eigenvalue weighted by molar-refractivity contribution is 6.04. The van der Waals surface area contributed by atoms with E-state index < -0.39 is 5.82 Å². The van der Waals surface area contributed by atoms with Gasteiger partial charge in [0.1, 0.15) is 22.9 Å². The van der Waals surface area contributed by atoms with Crippen molar-refractivity contribution in [3.63, 3.8) is 0 Å². The average molecular weight is 204 g/mol. The number of aromatic nitrogens is 2. The Bertz CT molecular complexity index is 552. The van der Waals surface area contributed by atoms with Gasteiger partial charge in [0.15, 0.2) is 5.78 Å². The number of benzene rings is 1. The van der Waals surface area contributed by atoms with E-state index in [9.17, 15) is 9.18 Å². The zero-order valence-corrected chi connectivity index (χ0v) is 8.41. The first-order valence-corrected chi connectivity index (χ1v) is 4.53. The second-order valence-corrected chi connectivity index (χ2v) is 3.31. The summed E-state index contributed by atoms with van der Waals surface area (Å²) in [7, 11) is 0. The monoisotopic (exact) mass is 204 g/mol. The number of halogens is 1. The van der Waals surface area contributed by atoms with E-state index in [1.165, 1.54) is 13.0 Å². The van der Waals surface area contributed by atoms with Gasteiger partial charge in [0.05, 0.1) is 0 Å². The molecule has 1 heterocycles. The van der Waals surface area contributed by atoms with Crippen molar-refractivity contribution < 1.29 is 9.18 Å². The number of aryl methyl sites for hydroxylation is 1. The van der Waals surface area contributed by atoms with E-state index in [2.05, 4.69) is 9.97 Å². The molecule has 0 unspecified atom stereocenters. The molecule has 0 aliphatic heterocycles. The minimum absolute atomic E-state index is 0.184. The van der Waals surface area contributed by atoms with Crippen molar-refractivity contribution in [2.24, 2.45) is 0 Å². The molecule has 1 aromatic carbocycles. The van der Waals surface area contributed by atoms with Crippen LogP contribution in [0.2, 0.25) is 0 Å². The number of carbonyl (C=O) groups is 1. The first kappa shape index (κ1) is 9.71. The molecule has 3 nitrogen and oxygen atoms in total. The number of hydrogen-bond donors (Lipinski definition) is 0. The maximum absolute atomic E-state index is 13.4. The topological polar surface area (TPSA) is 42.9 Å². The highest BCUT2D eigenvalue weighted by Gasteiger charge is 2.11. The van der Waals surface area contributed by atoms with Crippen molar-refractivity contribution in [3.8, 4) is 0 Å². The number of nitrogens with zero attached hydrogens (tertiary/aromatic N) is 2. The van der Waals surface area contributed by atoms with Gasteiger partial charge in [-0.1, -0.05) is 12.1 Å². The third kappa shape index (κ3) is 1.58. The van der Waals surface area contributed by atoms with Crippen LogP contribution >= 0.6 is 0 Å². The number of hydrogen-bond acceptors (Lipinski definition) is 3. The van der Waals surface area contributed by atoms with Gasteiger partial charge in [-0.2, -0.15) is 0 Å². The third-order valence-electron chi connectivity index (χ3n) is 2.12. The van der Waals surface area contributed by atoms with Crippen molar-refractivity contribution in [2.75, 3.05) is 0 Å². The fourth-order valence-corrected chi connectivity index (χ4v) is 1.50. The summed E-state index contributed by atoms with van der Waals surface area (Å²) < 4.78 is 13.4. The van der Waals surface area contributed by atoms with E-state index in [1.807, 2.05) is 0 Å². The van der Waals surface area contributed by atoms with Crippen molar-refractivity contribution in [1.29, 1.82) is 0 Å². The molecule has 0 saturated carbocycles. The molecule has 76 valence electrons. The fourth-order valence-electron chi connectivity index (χ4n) is 1.50. The van der Waals surface area contributed by atoms with Gasteiger partial charge in [-0.25, -0.2) is 14.4 Å². The number of para-hydroxylation sites is 1. The number of Topliss-reactive ketones (excluding diaryl/α,β-unsaturated/α-hetero) is 1. The quantitative estimate of drug-likeness (QED) is 0.669. The van der Waals surface area contributed by atoms with E-state index in [-0.39, 0.29) is 17.0 Å². The molecule has 0 N–H and O–H groups in total. The Morgan fingerprint density at radius 1 is 1.33 bits per heavy atom. The molecular formula is C11H9FN2O. The summed E-state index contributed by atoms with van der Waals surface area (Å²) in [6.45, 7) is 3.05. The fraction of sp³-hybridized carbons (Fsp3) is 0.182. The summed E-state index contributed by atoms with van der Waals surface area (Å²) in [6, 6.07) is 4.51. The highest BCUT2D eigenvalue weighted by Crippen LogP contribution is 2.18. The van der Waals surface area contributed by atoms with Crippen molar-refractivity contribution in [3.05, 3.63) is 35.5 Å². The molecule has 2 rings (SSSR count). The summed E-state index contributed by atoms with van der Waals surface area (Å²) >= 11 is 0. The minimum Gasteiger partial charge on any atom is -0.293 e. The lowest BCUT2D eigenvalue weighted by Gasteiger charge is -2.04. The average Bonchev–Trinajstić information content (AvgIpc) is 2.18. The number of carbonyl (C=O) groups excluding carboxylic acids is 1. The molecule has 15 heavy (non-hydrogen) atoms.